The quantitative estimate of drug-likeness (QED) is 0.780. The molecule has 1 amide bonds. The molecule has 3 nitrogen and oxygen atoms in total. The Morgan fingerprint density at radius 3 is 2.75 bits per heavy atom. The SMILES string of the molecule is O=C1NCc2c(F)cc(N3CCCC3)cc21. The van der Waals surface area contributed by atoms with E-state index in [1.807, 2.05) is 6.07 Å². The number of amides is 1. The van der Waals surface area contributed by atoms with Crippen molar-refractivity contribution in [2.75, 3.05) is 18.0 Å². The minimum atomic E-state index is -0.266. The van der Waals surface area contributed by atoms with Gasteiger partial charge in [-0.1, -0.05) is 0 Å². The summed E-state index contributed by atoms with van der Waals surface area (Å²) in [6.45, 7) is 2.24. The number of halogens is 1. The highest BCUT2D eigenvalue weighted by atomic mass is 19.1. The van der Waals surface area contributed by atoms with Crippen LogP contribution in [0.5, 0.6) is 0 Å². The number of nitrogens with one attached hydrogen (secondary N) is 1. The van der Waals surface area contributed by atoms with E-state index in [2.05, 4.69) is 10.2 Å². The molecule has 0 saturated carbocycles. The molecule has 2 aliphatic heterocycles. The van der Waals surface area contributed by atoms with Crippen LogP contribution in [-0.2, 0) is 6.54 Å². The lowest BCUT2D eigenvalue weighted by Crippen LogP contribution is -2.18. The summed E-state index contributed by atoms with van der Waals surface area (Å²) in [4.78, 5) is 13.6. The zero-order valence-electron chi connectivity index (χ0n) is 8.92. The molecule has 0 radical (unpaired) electrons. The van der Waals surface area contributed by atoms with E-state index in [1.54, 1.807) is 6.07 Å². The molecule has 0 atom stereocenters. The Hall–Kier alpha value is -1.58. The summed E-state index contributed by atoms with van der Waals surface area (Å²) < 4.78 is 13.8. The number of nitrogens with zero attached hydrogens (tertiary/aromatic N) is 1. The van der Waals surface area contributed by atoms with Crippen molar-refractivity contribution in [2.24, 2.45) is 0 Å². The molecule has 4 heteroatoms. The zero-order chi connectivity index (χ0) is 11.1. The molecule has 2 heterocycles. The Labute approximate surface area is 93.2 Å². The number of carbonyl (C=O) groups is 1. The first kappa shape index (κ1) is 9.63. The van der Waals surface area contributed by atoms with E-state index >= 15 is 0 Å². The van der Waals surface area contributed by atoms with Crippen LogP contribution in [0.15, 0.2) is 12.1 Å². The second-order valence-electron chi connectivity index (χ2n) is 4.33. The van der Waals surface area contributed by atoms with E-state index in [9.17, 15) is 9.18 Å². The molecule has 0 bridgehead atoms. The van der Waals surface area contributed by atoms with Gasteiger partial charge >= 0.3 is 0 Å². The summed E-state index contributed by atoms with van der Waals surface area (Å²) in [5.41, 5.74) is 1.85. The zero-order valence-corrected chi connectivity index (χ0v) is 8.92. The lowest BCUT2D eigenvalue weighted by molar-refractivity contribution is 0.0966. The molecule has 84 valence electrons. The van der Waals surface area contributed by atoms with Crippen LogP contribution in [0.4, 0.5) is 10.1 Å². The summed E-state index contributed by atoms with van der Waals surface area (Å²) in [7, 11) is 0. The van der Waals surface area contributed by atoms with Gasteiger partial charge in [-0.3, -0.25) is 4.79 Å². The average molecular weight is 220 g/mol. The van der Waals surface area contributed by atoms with E-state index < -0.39 is 0 Å². The van der Waals surface area contributed by atoms with Crippen molar-refractivity contribution >= 4 is 11.6 Å². The predicted molar refractivity (Wildman–Crippen MR) is 59.0 cm³/mol. The van der Waals surface area contributed by atoms with Crippen LogP contribution in [0.3, 0.4) is 0 Å². The number of anilines is 1. The van der Waals surface area contributed by atoms with Crippen LogP contribution in [-0.4, -0.2) is 19.0 Å². The van der Waals surface area contributed by atoms with Crippen molar-refractivity contribution in [1.29, 1.82) is 0 Å². The van der Waals surface area contributed by atoms with Gasteiger partial charge in [-0.05, 0) is 25.0 Å². The van der Waals surface area contributed by atoms with Crippen molar-refractivity contribution < 1.29 is 9.18 Å². The lowest BCUT2D eigenvalue weighted by atomic mass is 10.1. The number of rotatable bonds is 1. The minimum absolute atomic E-state index is 0.157. The van der Waals surface area contributed by atoms with Gasteiger partial charge in [0.2, 0.25) is 0 Å². The maximum atomic E-state index is 13.8. The number of hydrogen-bond acceptors (Lipinski definition) is 2. The van der Waals surface area contributed by atoms with Gasteiger partial charge in [0, 0.05) is 36.4 Å². The van der Waals surface area contributed by atoms with Crippen LogP contribution < -0.4 is 10.2 Å². The van der Waals surface area contributed by atoms with Crippen LogP contribution in [0.1, 0.15) is 28.8 Å². The molecule has 16 heavy (non-hydrogen) atoms. The Kier molecular flexibility index (Phi) is 2.09. The molecule has 0 unspecified atom stereocenters. The lowest BCUT2D eigenvalue weighted by Gasteiger charge is -2.18. The summed E-state index contributed by atoms with van der Waals surface area (Å²) in [5.74, 6) is -0.423. The molecular weight excluding hydrogens is 207 g/mol. The molecule has 0 aliphatic carbocycles. The van der Waals surface area contributed by atoms with E-state index in [0.717, 1.165) is 31.6 Å². The number of hydrogen-bond donors (Lipinski definition) is 1. The van der Waals surface area contributed by atoms with E-state index in [1.165, 1.54) is 0 Å². The molecular formula is C12H13FN2O. The first-order valence-corrected chi connectivity index (χ1v) is 5.61. The average Bonchev–Trinajstić information content (AvgIpc) is 2.88. The van der Waals surface area contributed by atoms with E-state index in [4.69, 9.17) is 0 Å². The summed E-state index contributed by atoms with van der Waals surface area (Å²) in [5, 5.41) is 2.65. The Balaban J connectivity index is 2.05. The maximum Gasteiger partial charge on any atom is 0.252 e. The van der Waals surface area contributed by atoms with Gasteiger partial charge in [-0.25, -0.2) is 4.39 Å². The Morgan fingerprint density at radius 2 is 2.00 bits per heavy atom. The van der Waals surface area contributed by atoms with E-state index in [-0.39, 0.29) is 11.7 Å². The van der Waals surface area contributed by atoms with Crippen LogP contribution in [0.2, 0.25) is 0 Å². The van der Waals surface area contributed by atoms with Crippen LogP contribution in [0.25, 0.3) is 0 Å². The van der Waals surface area contributed by atoms with Crippen LogP contribution >= 0.6 is 0 Å². The Morgan fingerprint density at radius 1 is 1.25 bits per heavy atom. The molecule has 3 rings (SSSR count). The molecule has 1 aromatic carbocycles. The first-order valence-electron chi connectivity index (χ1n) is 5.61. The maximum absolute atomic E-state index is 13.8. The molecule has 0 aromatic heterocycles. The molecule has 1 N–H and O–H groups in total. The van der Waals surface area contributed by atoms with Gasteiger partial charge in [0.15, 0.2) is 0 Å². The summed E-state index contributed by atoms with van der Waals surface area (Å²) in [6.07, 6.45) is 2.29. The third-order valence-electron chi connectivity index (χ3n) is 3.32. The number of carbonyl (C=O) groups excluding carboxylic acids is 1. The highest BCUT2D eigenvalue weighted by Gasteiger charge is 2.24. The van der Waals surface area contributed by atoms with Gasteiger partial charge < -0.3 is 10.2 Å². The molecule has 0 spiro atoms. The van der Waals surface area contributed by atoms with Crippen molar-refractivity contribution in [3.05, 3.63) is 29.1 Å². The molecule has 1 aromatic rings. The third kappa shape index (κ3) is 1.37. The molecule has 2 aliphatic rings. The minimum Gasteiger partial charge on any atom is -0.371 e. The van der Waals surface area contributed by atoms with E-state index in [0.29, 0.717) is 17.7 Å². The fourth-order valence-electron chi connectivity index (χ4n) is 2.43. The highest BCUT2D eigenvalue weighted by molar-refractivity contribution is 5.99. The second-order valence-corrected chi connectivity index (χ2v) is 4.33. The molecule has 1 fully saturated rings. The third-order valence-corrected chi connectivity index (χ3v) is 3.32. The fourth-order valence-corrected chi connectivity index (χ4v) is 2.43. The topological polar surface area (TPSA) is 32.3 Å². The normalized spacial score (nSPS) is 18.8. The van der Waals surface area contributed by atoms with Crippen molar-refractivity contribution in [3.8, 4) is 0 Å². The van der Waals surface area contributed by atoms with Gasteiger partial charge in [-0.15, -0.1) is 0 Å². The number of benzene rings is 1. The second kappa shape index (κ2) is 3.47. The first-order chi connectivity index (χ1) is 7.75. The van der Waals surface area contributed by atoms with Crippen molar-refractivity contribution in [1.82, 2.24) is 5.32 Å². The smallest absolute Gasteiger partial charge is 0.252 e. The standard InChI is InChI=1S/C12H13FN2O/c13-11-6-8(15-3-1-2-4-15)5-9-10(11)7-14-12(9)16/h5-6H,1-4,7H2,(H,14,16). The van der Waals surface area contributed by atoms with Gasteiger partial charge in [0.1, 0.15) is 5.82 Å². The monoisotopic (exact) mass is 220 g/mol. The predicted octanol–water partition coefficient (Wildman–Crippen LogP) is 1.67. The van der Waals surface area contributed by atoms with Gasteiger partial charge in [0.05, 0.1) is 0 Å². The molecule has 1 saturated heterocycles. The summed E-state index contributed by atoms with van der Waals surface area (Å²) in [6, 6.07) is 3.36. The van der Waals surface area contributed by atoms with Crippen molar-refractivity contribution in [3.63, 3.8) is 0 Å². The van der Waals surface area contributed by atoms with Gasteiger partial charge in [-0.2, -0.15) is 0 Å². The highest BCUT2D eigenvalue weighted by Crippen LogP contribution is 2.28. The fraction of sp³-hybridized carbons (Fsp3) is 0.417. The van der Waals surface area contributed by atoms with Gasteiger partial charge in [0.25, 0.3) is 5.91 Å². The Bertz CT molecular complexity index is 453. The number of fused-ring (bicyclic) bond motifs is 1. The van der Waals surface area contributed by atoms with Crippen molar-refractivity contribution in [2.45, 2.75) is 19.4 Å². The van der Waals surface area contributed by atoms with Crippen LogP contribution in [0, 0.1) is 5.82 Å². The summed E-state index contributed by atoms with van der Waals surface area (Å²) >= 11 is 0. The largest absolute Gasteiger partial charge is 0.371 e.